The van der Waals surface area contributed by atoms with Crippen molar-refractivity contribution in [1.29, 1.82) is 0 Å². The first-order valence-corrected chi connectivity index (χ1v) is 13.1. The van der Waals surface area contributed by atoms with Crippen LogP contribution < -0.4 is 10.6 Å². The highest BCUT2D eigenvalue weighted by Crippen LogP contribution is 2.23. The molecule has 0 aliphatic carbocycles. The summed E-state index contributed by atoms with van der Waals surface area (Å²) in [5.41, 5.74) is 4.31. The van der Waals surface area contributed by atoms with Crippen molar-refractivity contribution in [2.75, 3.05) is 26.3 Å². The van der Waals surface area contributed by atoms with Gasteiger partial charge in [-0.2, -0.15) is 0 Å². The van der Waals surface area contributed by atoms with Crippen LogP contribution in [-0.2, 0) is 32.1 Å². The largest absolute Gasteiger partial charge is 0.481 e. The third kappa shape index (κ3) is 7.36. The summed E-state index contributed by atoms with van der Waals surface area (Å²) in [6.07, 6.45) is 6.13. The van der Waals surface area contributed by atoms with Gasteiger partial charge < -0.3 is 29.6 Å². The zero-order chi connectivity index (χ0) is 27.6. The first-order valence-electron chi connectivity index (χ1n) is 13.1. The summed E-state index contributed by atoms with van der Waals surface area (Å²) in [5.74, 6) is -2.02. The standard InChI is InChI=1S/C30H34N4O5/c1-2-22-20-34(26-11-7-6-10-25(22)26)15-17-39-16-13-31-28(35)19-32-30(38)27(18-29(36)37)33-14-12-24(21-33)23-8-4-3-5-9-23/h3-12,14,20-21,27H,2,13,15-19H2,1H3,(H,31,35)(H,32,38)(H,36,37). The number of amides is 2. The number of carbonyl (C=O) groups is 3. The van der Waals surface area contributed by atoms with Gasteiger partial charge in [0.1, 0.15) is 6.04 Å². The number of nitrogens with zero attached hydrogens (tertiary/aromatic N) is 2. The minimum atomic E-state index is -1.11. The number of carboxylic acid groups (broad SMARTS) is 1. The van der Waals surface area contributed by atoms with Gasteiger partial charge in [0.05, 0.1) is 26.2 Å². The maximum absolute atomic E-state index is 12.8. The molecule has 0 spiro atoms. The van der Waals surface area contributed by atoms with Crippen molar-refractivity contribution in [3.8, 4) is 11.1 Å². The monoisotopic (exact) mass is 530 g/mol. The highest BCUT2D eigenvalue weighted by molar-refractivity contribution is 5.89. The highest BCUT2D eigenvalue weighted by atomic mass is 16.5. The number of aliphatic carboxylic acids is 1. The summed E-state index contributed by atoms with van der Waals surface area (Å²) in [6.45, 7) is 3.75. The van der Waals surface area contributed by atoms with Gasteiger partial charge in [-0.25, -0.2) is 0 Å². The smallest absolute Gasteiger partial charge is 0.306 e. The molecule has 3 N–H and O–H groups in total. The topological polar surface area (TPSA) is 115 Å². The second-order valence-electron chi connectivity index (χ2n) is 9.23. The maximum Gasteiger partial charge on any atom is 0.306 e. The lowest BCUT2D eigenvalue weighted by Crippen LogP contribution is -2.41. The quantitative estimate of drug-likeness (QED) is 0.215. The number of carboxylic acids is 1. The van der Waals surface area contributed by atoms with Gasteiger partial charge >= 0.3 is 5.97 Å². The van der Waals surface area contributed by atoms with Crippen LogP contribution in [0, 0.1) is 0 Å². The minimum Gasteiger partial charge on any atom is -0.481 e. The summed E-state index contributed by atoms with van der Waals surface area (Å²) >= 11 is 0. The number of aryl methyl sites for hydroxylation is 1. The molecule has 9 nitrogen and oxygen atoms in total. The van der Waals surface area contributed by atoms with Gasteiger partial charge in [0, 0.05) is 42.6 Å². The molecule has 0 saturated heterocycles. The number of benzene rings is 2. The van der Waals surface area contributed by atoms with Crippen LogP contribution >= 0.6 is 0 Å². The fraction of sp³-hybridized carbons (Fsp3) is 0.300. The molecule has 0 fully saturated rings. The number of ether oxygens (including phenoxy) is 1. The van der Waals surface area contributed by atoms with Crippen LogP contribution in [-0.4, -0.2) is 58.3 Å². The number of hydrogen-bond donors (Lipinski definition) is 3. The van der Waals surface area contributed by atoms with Crippen LogP contribution in [0.2, 0.25) is 0 Å². The van der Waals surface area contributed by atoms with Crippen molar-refractivity contribution in [2.24, 2.45) is 0 Å². The Hall–Kier alpha value is -4.37. The lowest BCUT2D eigenvalue weighted by Gasteiger charge is -2.17. The van der Waals surface area contributed by atoms with Crippen molar-refractivity contribution < 1.29 is 24.2 Å². The molecule has 1 unspecified atom stereocenters. The molecule has 2 amide bonds. The van der Waals surface area contributed by atoms with Crippen LogP contribution in [0.25, 0.3) is 22.0 Å². The summed E-state index contributed by atoms with van der Waals surface area (Å²) in [4.78, 5) is 36.5. The van der Waals surface area contributed by atoms with Gasteiger partial charge in [0.15, 0.2) is 0 Å². The molecular weight excluding hydrogens is 496 g/mol. The fourth-order valence-corrected chi connectivity index (χ4v) is 4.57. The average molecular weight is 531 g/mol. The van der Waals surface area contributed by atoms with E-state index in [2.05, 4.69) is 40.5 Å². The Bertz CT molecular complexity index is 1410. The van der Waals surface area contributed by atoms with E-state index in [-0.39, 0.29) is 12.5 Å². The highest BCUT2D eigenvalue weighted by Gasteiger charge is 2.24. The Balaban J connectivity index is 1.19. The maximum atomic E-state index is 12.8. The third-order valence-electron chi connectivity index (χ3n) is 6.57. The number of rotatable bonds is 14. The van der Waals surface area contributed by atoms with Crippen molar-refractivity contribution in [3.63, 3.8) is 0 Å². The first kappa shape index (κ1) is 27.7. The average Bonchev–Trinajstić information content (AvgIpc) is 3.58. The van der Waals surface area contributed by atoms with Gasteiger partial charge in [-0.15, -0.1) is 0 Å². The number of hydrogen-bond acceptors (Lipinski definition) is 4. The van der Waals surface area contributed by atoms with Crippen LogP contribution in [0.5, 0.6) is 0 Å². The lowest BCUT2D eigenvalue weighted by atomic mass is 10.1. The lowest BCUT2D eigenvalue weighted by molar-refractivity contribution is -0.140. The molecule has 0 radical (unpaired) electrons. The molecule has 2 aromatic carbocycles. The number of para-hydroxylation sites is 1. The van der Waals surface area contributed by atoms with E-state index in [0.717, 1.165) is 17.5 Å². The van der Waals surface area contributed by atoms with E-state index in [1.54, 1.807) is 17.0 Å². The molecule has 4 aromatic rings. The molecule has 0 saturated carbocycles. The predicted octanol–water partition coefficient (Wildman–Crippen LogP) is 3.64. The molecule has 0 aliphatic rings. The Morgan fingerprint density at radius 2 is 1.69 bits per heavy atom. The zero-order valence-corrected chi connectivity index (χ0v) is 22.0. The molecule has 1 atom stereocenters. The van der Waals surface area contributed by atoms with Gasteiger partial charge in [-0.1, -0.05) is 55.5 Å². The third-order valence-corrected chi connectivity index (χ3v) is 6.57. The van der Waals surface area contributed by atoms with E-state index in [1.165, 1.54) is 16.5 Å². The van der Waals surface area contributed by atoms with Crippen molar-refractivity contribution >= 4 is 28.7 Å². The van der Waals surface area contributed by atoms with E-state index in [1.807, 2.05) is 48.5 Å². The first-order chi connectivity index (χ1) is 19.0. The van der Waals surface area contributed by atoms with E-state index in [9.17, 15) is 19.5 Å². The molecule has 9 heteroatoms. The summed E-state index contributed by atoms with van der Waals surface area (Å²) in [7, 11) is 0. The van der Waals surface area contributed by atoms with E-state index >= 15 is 0 Å². The number of fused-ring (bicyclic) bond motifs is 1. The van der Waals surface area contributed by atoms with E-state index in [0.29, 0.717) is 26.3 Å². The summed E-state index contributed by atoms with van der Waals surface area (Å²) in [5, 5.41) is 15.9. The Kier molecular flexibility index (Phi) is 9.53. The van der Waals surface area contributed by atoms with Gasteiger partial charge in [0.2, 0.25) is 11.8 Å². The number of carbonyl (C=O) groups excluding carboxylic acids is 2. The van der Waals surface area contributed by atoms with Crippen LogP contribution in [0.4, 0.5) is 0 Å². The predicted molar refractivity (Wildman–Crippen MR) is 149 cm³/mol. The second-order valence-corrected chi connectivity index (χ2v) is 9.23. The van der Waals surface area contributed by atoms with Crippen LogP contribution in [0.1, 0.15) is 24.9 Å². The van der Waals surface area contributed by atoms with Gasteiger partial charge in [-0.05, 0) is 35.2 Å². The van der Waals surface area contributed by atoms with Crippen LogP contribution in [0.15, 0.2) is 79.3 Å². The molecule has 2 aromatic heterocycles. The van der Waals surface area contributed by atoms with Crippen molar-refractivity contribution in [1.82, 2.24) is 19.8 Å². The Labute approximate surface area is 227 Å². The summed E-state index contributed by atoms with van der Waals surface area (Å²) in [6, 6.07) is 18.7. The summed E-state index contributed by atoms with van der Waals surface area (Å²) < 4.78 is 9.44. The van der Waals surface area contributed by atoms with Gasteiger partial charge in [0.25, 0.3) is 0 Å². The SMILES string of the molecule is CCc1cn(CCOCCNC(=O)CNC(=O)C(CC(=O)O)n2ccc(-c3ccccc3)c2)c2ccccc12. The number of aromatic nitrogens is 2. The molecule has 0 aliphatic heterocycles. The molecule has 4 rings (SSSR count). The molecule has 0 bridgehead atoms. The molecule has 2 heterocycles. The molecule has 204 valence electrons. The minimum absolute atomic E-state index is 0.253. The molecular formula is C30H34N4O5. The second kappa shape index (κ2) is 13.4. The fourth-order valence-electron chi connectivity index (χ4n) is 4.57. The van der Waals surface area contributed by atoms with Crippen molar-refractivity contribution in [3.05, 3.63) is 84.8 Å². The molecule has 39 heavy (non-hydrogen) atoms. The Morgan fingerprint density at radius 3 is 2.46 bits per heavy atom. The van der Waals surface area contributed by atoms with Crippen molar-refractivity contribution in [2.45, 2.75) is 32.4 Å². The van der Waals surface area contributed by atoms with Crippen LogP contribution in [0.3, 0.4) is 0 Å². The van der Waals surface area contributed by atoms with Gasteiger partial charge in [-0.3, -0.25) is 14.4 Å². The normalized spacial score (nSPS) is 11.8. The number of nitrogens with one attached hydrogen (secondary N) is 2. The Morgan fingerprint density at radius 1 is 0.923 bits per heavy atom. The van der Waals surface area contributed by atoms with E-state index in [4.69, 9.17) is 4.74 Å². The zero-order valence-electron chi connectivity index (χ0n) is 22.0. The van der Waals surface area contributed by atoms with E-state index < -0.39 is 24.3 Å².